The Balaban J connectivity index is 1.69. The standard InChI is InChI=1S/C13H12BrN5OS/c1-2-11-15-10(19-20-11)7-21-13-16-12(17-18-13)8-5-3-4-6-9(8)14/h3-6H,2,7H2,1H3,(H,16,17,18). The molecule has 2 aromatic heterocycles. The predicted molar refractivity (Wildman–Crippen MR) is 82.8 cm³/mol. The zero-order chi connectivity index (χ0) is 14.7. The van der Waals surface area contributed by atoms with Crippen molar-refractivity contribution in [2.24, 2.45) is 0 Å². The third-order valence-electron chi connectivity index (χ3n) is 2.74. The molecular weight excluding hydrogens is 354 g/mol. The van der Waals surface area contributed by atoms with Crippen molar-refractivity contribution in [3.63, 3.8) is 0 Å². The second-order valence-electron chi connectivity index (χ2n) is 4.19. The van der Waals surface area contributed by atoms with Gasteiger partial charge in [0.1, 0.15) is 0 Å². The lowest BCUT2D eigenvalue weighted by Gasteiger charge is -1.97. The van der Waals surface area contributed by atoms with Crippen molar-refractivity contribution in [1.82, 2.24) is 25.3 Å². The number of aromatic amines is 1. The summed E-state index contributed by atoms with van der Waals surface area (Å²) in [6.07, 6.45) is 0.741. The number of nitrogens with one attached hydrogen (secondary N) is 1. The third-order valence-corrected chi connectivity index (χ3v) is 4.27. The van der Waals surface area contributed by atoms with Crippen LogP contribution < -0.4 is 0 Å². The molecule has 0 aliphatic carbocycles. The minimum absolute atomic E-state index is 0.580. The number of aryl methyl sites for hydroxylation is 1. The highest BCUT2D eigenvalue weighted by atomic mass is 79.9. The zero-order valence-corrected chi connectivity index (χ0v) is 13.6. The largest absolute Gasteiger partial charge is 0.339 e. The SMILES string of the molecule is CCc1nc(CSc2n[nH]c(-c3ccccc3Br)n2)no1. The number of thioether (sulfide) groups is 1. The molecule has 0 amide bonds. The van der Waals surface area contributed by atoms with Crippen LogP contribution in [0.2, 0.25) is 0 Å². The molecule has 21 heavy (non-hydrogen) atoms. The van der Waals surface area contributed by atoms with E-state index in [9.17, 15) is 0 Å². The van der Waals surface area contributed by atoms with Gasteiger partial charge in [-0.15, -0.1) is 5.10 Å². The van der Waals surface area contributed by atoms with Crippen LogP contribution in [0, 0.1) is 0 Å². The van der Waals surface area contributed by atoms with Gasteiger partial charge in [-0.1, -0.05) is 58.0 Å². The van der Waals surface area contributed by atoms with Crippen LogP contribution in [-0.2, 0) is 12.2 Å². The second-order valence-corrected chi connectivity index (χ2v) is 5.99. The van der Waals surface area contributed by atoms with Crippen LogP contribution in [0.25, 0.3) is 11.4 Å². The van der Waals surface area contributed by atoms with Crippen molar-refractivity contribution in [2.45, 2.75) is 24.3 Å². The van der Waals surface area contributed by atoms with E-state index in [1.54, 1.807) is 0 Å². The van der Waals surface area contributed by atoms with Crippen LogP contribution in [0.3, 0.4) is 0 Å². The van der Waals surface area contributed by atoms with Gasteiger partial charge in [0.05, 0.1) is 5.75 Å². The molecule has 108 valence electrons. The predicted octanol–water partition coefficient (Wildman–Crippen LogP) is 3.47. The molecule has 0 atom stereocenters. The molecule has 6 nitrogen and oxygen atoms in total. The number of halogens is 1. The average molecular weight is 366 g/mol. The van der Waals surface area contributed by atoms with Gasteiger partial charge in [0.2, 0.25) is 11.0 Å². The van der Waals surface area contributed by atoms with Gasteiger partial charge in [0.25, 0.3) is 0 Å². The Hall–Kier alpha value is -1.67. The molecule has 0 fully saturated rings. The lowest BCUT2D eigenvalue weighted by atomic mass is 10.2. The van der Waals surface area contributed by atoms with Gasteiger partial charge in [0.15, 0.2) is 11.6 Å². The Kier molecular flexibility index (Phi) is 4.35. The molecule has 0 aliphatic rings. The summed E-state index contributed by atoms with van der Waals surface area (Å²) in [6, 6.07) is 7.87. The van der Waals surface area contributed by atoms with Crippen LogP contribution in [0.4, 0.5) is 0 Å². The first-order chi connectivity index (χ1) is 10.3. The van der Waals surface area contributed by atoms with Crippen molar-refractivity contribution in [2.75, 3.05) is 0 Å². The Morgan fingerprint density at radius 2 is 2.14 bits per heavy atom. The fraction of sp³-hybridized carbons (Fsp3) is 0.231. The summed E-state index contributed by atoms with van der Waals surface area (Å²) in [4.78, 5) is 8.71. The maximum atomic E-state index is 5.06. The summed E-state index contributed by atoms with van der Waals surface area (Å²) in [7, 11) is 0. The van der Waals surface area contributed by atoms with E-state index in [1.807, 2.05) is 31.2 Å². The van der Waals surface area contributed by atoms with E-state index in [0.717, 1.165) is 22.3 Å². The van der Waals surface area contributed by atoms with Gasteiger partial charge >= 0.3 is 0 Å². The molecule has 0 saturated carbocycles. The minimum atomic E-state index is 0.580. The van der Waals surface area contributed by atoms with Crippen molar-refractivity contribution < 1.29 is 4.52 Å². The molecule has 1 aromatic carbocycles. The van der Waals surface area contributed by atoms with E-state index >= 15 is 0 Å². The molecule has 2 heterocycles. The van der Waals surface area contributed by atoms with Gasteiger partial charge < -0.3 is 4.52 Å². The molecule has 0 spiro atoms. The minimum Gasteiger partial charge on any atom is -0.339 e. The summed E-state index contributed by atoms with van der Waals surface area (Å²) in [6.45, 7) is 1.98. The van der Waals surface area contributed by atoms with Gasteiger partial charge in [-0.25, -0.2) is 4.98 Å². The monoisotopic (exact) mass is 365 g/mol. The highest BCUT2D eigenvalue weighted by Gasteiger charge is 2.11. The first-order valence-corrected chi connectivity index (χ1v) is 8.15. The van der Waals surface area contributed by atoms with Crippen LogP contribution >= 0.6 is 27.7 Å². The van der Waals surface area contributed by atoms with E-state index in [2.05, 4.69) is 41.3 Å². The molecule has 3 aromatic rings. The molecule has 0 radical (unpaired) electrons. The van der Waals surface area contributed by atoms with Crippen LogP contribution in [0.1, 0.15) is 18.6 Å². The molecule has 0 unspecified atom stereocenters. The fourth-order valence-corrected chi connectivity index (χ4v) is 2.82. The number of benzene rings is 1. The number of rotatable bonds is 5. The first kappa shape index (κ1) is 14.3. The average Bonchev–Trinajstić information content (AvgIpc) is 3.14. The van der Waals surface area contributed by atoms with Crippen LogP contribution in [0.15, 0.2) is 38.4 Å². The number of hydrogen-bond acceptors (Lipinski definition) is 6. The van der Waals surface area contributed by atoms with Crippen molar-refractivity contribution >= 4 is 27.7 Å². The Morgan fingerprint density at radius 3 is 2.90 bits per heavy atom. The van der Waals surface area contributed by atoms with E-state index in [4.69, 9.17) is 4.52 Å². The number of nitrogens with zero attached hydrogens (tertiary/aromatic N) is 4. The maximum absolute atomic E-state index is 5.06. The second kappa shape index (κ2) is 6.40. The molecule has 0 saturated heterocycles. The molecule has 3 rings (SSSR count). The van der Waals surface area contributed by atoms with Gasteiger partial charge in [0, 0.05) is 16.5 Å². The summed E-state index contributed by atoms with van der Waals surface area (Å²) < 4.78 is 6.04. The van der Waals surface area contributed by atoms with Gasteiger partial charge in [-0.2, -0.15) is 4.98 Å². The van der Waals surface area contributed by atoms with Crippen LogP contribution in [-0.4, -0.2) is 25.3 Å². The van der Waals surface area contributed by atoms with Crippen molar-refractivity contribution in [1.29, 1.82) is 0 Å². The van der Waals surface area contributed by atoms with Gasteiger partial charge in [-0.05, 0) is 6.07 Å². The summed E-state index contributed by atoms with van der Waals surface area (Å²) in [5.74, 6) is 2.61. The van der Waals surface area contributed by atoms with Crippen LogP contribution in [0.5, 0.6) is 0 Å². The van der Waals surface area contributed by atoms with Crippen molar-refractivity contribution in [3.8, 4) is 11.4 Å². The normalized spacial score (nSPS) is 11.0. The number of H-pyrrole nitrogens is 1. The topological polar surface area (TPSA) is 80.5 Å². The number of aromatic nitrogens is 5. The fourth-order valence-electron chi connectivity index (χ4n) is 1.71. The van der Waals surface area contributed by atoms with E-state index in [0.29, 0.717) is 22.6 Å². The van der Waals surface area contributed by atoms with E-state index in [-0.39, 0.29) is 0 Å². The Morgan fingerprint density at radius 1 is 1.29 bits per heavy atom. The Bertz CT molecular complexity index is 742. The highest BCUT2D eigenvalue weighted by Crippen LogP contribution is 2.27. The molecule has 0 bridgehead atoms. The first-order valence-electron chi connectivity index (χ1n) is 6.38. The summed E-state index contributed by atoms with van der Waals surface area (Å²) in [5.41, 5.74) is 0.977. The lowest BCUT2D eigenvalue weighted by Crippen LogP contribution is -1.86. The molecular formula is C13H12BrN5OS. The Labute approximate surface area is 133 Å². The molecule has 0 aliphatic heterocycles. The zero-order valence-electron chi connectivity index (χ0n) is 11.2. The van der Waals surface area contributed by atoms with Crippen molar-refractivity contribution in [3.05, 3.63) is 40.5 Å². The molecule has 8 heteroatoms. The summed E-state index contributed by atoms with van der Waals surface area (Å²) in [5, 5.41) is 11.7. The molecule has 1 N–H and O–H groups in total. The maximum Gasteiger partial charge on any atom is 0.226 e. The lowest BCUT2D eigenvalue weighted by molar-refractivity contribution is 0.378. The number of hydrogen-bond donors (Lipinski definition) is 1. The third kappa shape index (κ3) is 3.33. The smallest absolute Gasteiger partial charge is 0.226 e. The summed E-state index contributed by atoms with van der Waals surface area (Å²) >= 11 is 4.97. The quantitative estimate of drug-likeness (QED) is 0.697. The van der Waals surface area contributed by atoms with E-state index < -0.39 is 0 Å². The highest BCUT2D eigenvalue weighted by molar-refractivity contribution is 9.10. The van der Waals surface area contributed by atoms with Gasteiger partial charge in [-0.3, -0.25) is 5.10 Å². The van der Waals surface area contributed by atoms with E-state index in [1.165, 1.54) is 11.8 Å².